The quantitative estimate of drug-likeness (QED) is 0.836. The summed E-state index contributed by atoms with van der Waals surface area (Å²) in [5, 5.41) is 3.41. The normalized spacial score (nSPS) is 20.7. The van der Waals surface area contributed by atoms with Crippen molar-refractivity contribution in [1.82, 2.24) is 14.9 Å². The van der Waals surface area contributed by atoms with Crippen LogP contribution in [0.25, 0.3) is 11.0 Å². The molecular formula is C12H14FN3. The Balaban J connectivity index is 1.97. The van der Waals surface area contributed by atoms with Gasteiger partial charge in [-0.15, -0.1) is 0 Å². The van der Waals surface area contributed by atoms with Crippen LogP contribution in [0, 0.1) is 5.82 Å². The molecule has 84 valence electrons. The first kappa shape index (κ1) is 9.78. The lowest BCUT2D eigenvalue weighted by Crippen LogP contribution is -2.26. The Morgan fingerprint density at radius 2 is 2.44 bits per heavy atom. The largest absolute Gasteiger partial charge is 0.327 e. The molecule has 1 unspecified atom stereocenters. The van der Waals surface area contributed by atoms with Crippen LogP contribution >= 0.6 is 0 Å². The second-order valence-corrected chi connectivity index (χ2v) is 4.30. The van der Waals surface area contributed by atoms with Crippen molar-refractivity contribution in [3.05, 3.63) is 30.3 Å². The number of fused-ring (bicyclic) bond motifs is 1. The van der Waals surface area contributed by atoms with Crippen LogP contribution in [0.3, 0.4) is 0 Å². The van der Waals surface area contributed by atoms with E-state index in [2.05, 4.69) is 10.3 Å². The predicted molar refractivity (Wildman–Crippen MR) is 60.7 cm³/mol. The van der Waals surface area contributed by atoms with Gasteiger partial charge in [0.2, 0.25) is 0 Å². The molecule has 1 aromatic heterocycles. The number of nitrogens with zero attached hydrogens (tertiary/aromatic N) is 2. The third kappa shape index (κ3) is 1.59. The number of aromatic nitrogens is 2. The molecule has 0 aliphatic carbocycles. The average molecular weight is 219 g/mol. The Kier molecular flexibility index (Phi) is 2.36. The number of rotatable bonds is 2. The Bertz CT molecular complexity index is 500. The highest BCUT2D eigenvalue weighted by Crippen LogP contribution is 2.18. The summed E-state index contributed by atoms with van der Waals surface area (Å²) in [4.78, 5) is 4.22. The van der Waals surface area contributed by atoms with Crippen LogP contribution in [0.15, 0.2) is 24.5 Å². The van der Waals surface area contributed by atoms with Crippen molar-refractivity contribution in [2.45, 2.75) is 25.4 Å². The number of halogens is 1. The van der Waals surface area contributed by atoms with E-state index in [1.165, 1.54) is 12.5 Å². The van der Waals surface area contributed by atoms with E-state index < -0.39 is 0 Å². The monoisotopic (exact) mass is 219 g/mol. The van der Waals surface area contributed by atoms with Crippen LogP contribution in [0.5, 0.6) is 0 Å². The third-order valence-electron chi connectivity index (χ3n) is 3.17. The zero-order valence-corrected chi connectivity index (χ0v) is 8.99. The van der Waals surface area contributed by atoms with E-state index in [-0.39, 0.29) is 5.82 Å². The van der Waals surface area contributed by atoms with Crippen LogP contribution in [-0.2, 0) is 6.54 Å². The predicted octanol–water partition coefficient (Wildman–Crippen LogP) is 1.93. The van der Waals surface area contributed by atoms with Gasteiger partial charge in [0.15, 0.2) is 0 Å². The zero-order chi connectivity index (χ0) is 11.0. The Labute approximate surface area is 93.3 Å². The van der Waals surface area contributed by atoms with E-state index in [9.17, 15) is 4.39 Å². The summed E-state index contributed by atoms with van der Waals surface area (Å²) in [7, 11) is 0. The van der Waals surface area contributed by atoms with E-state index >= 15 is 0 Å². The molecule has 3 rings (SSSR count). The average Bonchev–Trinajstić information content (AvgIpc) is 2.90. The molecule has 3 nitrogen and oxygen atoms in total. The van der Waals surface area contributed by atoms with Crippen LogP contribution in [0.4, 0.5) is 4.39 Å². The van der Waals surface area contributed by atoms with Crippen LogP contribution in [0.2, 0.25) is 0 Å². The van der Waals surface area contributed by atoms with E-state index in [1.807, 2.05) is 10.6 Å². The van der Waals surface area contributed by atoms with Gasteiger partial charge < -0.3 is 9.88 Å². The first-order valence-electron chi connectivity index (χ1n) is 5.67. The Morgan fingerprint density at radius 1 is 1.50 bits per heavy atom. The number of hydrogen-bond donors (Lipinski definition) is 1. The van der Waals surface area contributed by atoms with Crippen LogP contribution in [-0.4, -0.2) is 22.1 Å². The van der Waals surface area contributed by atoms with Gasteiger partial charge in [-0.3, -0.25) is 0 Å². The molecule has 1 fully saturated rings. The number of nitrogens with one attached hydrogen (secondary N) is 1. The summed E-state index contributed by atoms with van der Waals surface area (Å²) in [6.07, 6.45) is 4.10. The first-order chi connectivity index (χ1) is 7.84. The molecule has 4 heteroatoms. The lowest BCUT2D eigenvalue weighted by molar-refractivity contribution is 0.511. The summed E-state index contributed by atoms with van der Waals surface area (Å²) in [5.41, 5.74) is 1.36. The van der Waals surface area contributed by atoms with Gasteiger partial charge >= 0.3 is 0 Å². The van der Waals surface area contributed by atoms with Crippen molar-refractivity contribution in [3.8, 4) is 0 Å². The van der Waals surface area contributed by atoms with Crippen molar-refractivity contribution in [2.24, 2.45) is 0 Å². The smallest absolute Gasteiger partial charge is 0.149 e. The maximum Gasteiger partial charge on any atom is 0.149 e. The van der Waals surface area contributed by atoms with E-state index in [1.54, 1.807) is 12.4 Å². The van der Waals surface area contributed by atoms with Gasteiger partial charge in [-0.2, -0.15) is 0 Å². The molecule has 0 spiro atoms. The minimum atomic E-state index is -0.187. The van der Waals surface area contributed by atoms with Crippen molar-refractivity contribution >= 4 is 11.0 Å². The van der Waals surface area contributed by atoms with E-state index in [4.69, 9.17) is 0 Å². The molecule has 1 aromatic carbocycles. The number of para-hydroxylation sites is 1. The molecule has 0 bridgehead atoms. The molecule has 0 amide bonds. The maximum atomic E-state index is 13.7. The highest BCUT2D eigenvalue weighted by Gasteiger charge is 2.16. The SMILES string of the molecule is Fc1cccc2ncn(CC3CCCN3)c12. The fraction of sp³-hybridized carbons (Fsp3) is 0.417. The van der Waals surface area contributed by atoms with Gasteiger partial charge in [0.05, 0.1) is 11.8 Å². The van der Waals surface area contributed by atoms with E-state index in [0.29, 0.717) is 11.6 Å². The maximum absolute atomic E-state index is 13.7. The highest BCUT2D eigenvalue weighted by molar-refractivity contribution is 5.75. The molecule has 1 N–H and O–H groups in total. The van der Waals surface area contributed by atoms with Gasteiger partial charge in [0.1, 0.15) is 11.3 Å². The fourth-order valence-corrected chi connectivity index (χ4v) is 2.37. The molecule has 1 aliphatic rings. The van der Waals surface area contributed by atoms with Crippen LogP contribution < -0.4 is 5.32 Å². The van der Waals surface area contributed by atoms with Gasteiger partial charge in [-0.05, 0) is 31.5 Å². The lowest BCUT2D eigenvalue weighted by Gasteiger charge is -2.11. The first-order valence-corrected chi connectivity index (χ1v) is 5.67. The fourth-order valence-electron chi connectivity index (χ4n) is 2.37. The summed E-state index contributed by atoms with van der Waals surface area (Å²) in [6, 6.07) is 5.49. The van der Waals surface area contributed by atoms with Crippen LogP contribution in [0.1, 0.15) is 12.8 Å². The molecule has 1 aliphatic heterocycles. The second-order valence-electron chi connectivity index (χ2n) is 4.30. The Morgan fingerprint density at radius 3 is 3.25 bits per heavy atom. The summed E-state index contributed by atoms with van der Waals surface area (Å²) in [5.74, 6) is -0.187. The zero-order valence-electron chi connectivity index (χ0n) is 8.99. The highest BCUT2D eigenvalue weighted by atomic mass is 19.1. The van der Waals surface area contributed by atoms with Crippen molar-refractivity contribution in [1.29, 1.82) is 0 Å². The second kappa shape index (κ2) is 3.87. The molecule has 1 atom stereocenters. The minimum absolute atomic E-state index is 0.187. The van der Waals surface area contributed by atoms with Gasteiger partial charge in [-0.25, -0.2) is 9.37 Å². The number of benzene rings is 1. The lowest BCUT2D eigenvalue weighted by atomic mass is 10.2. The molecule has 2 heterocycles. The van der Waals surface area contributed by atoms with Gasteiger partial charge in [0, 0.05) is 12.6 Å². The molecule has 2 aromatic rings. The minimum Gasteiger partial charge on any atom is -0.327 e. The van der Waals surface area contributed by atoms with Crippen molar-refractivity contribution < 1.29 is 4.39 Å². The molecule has 16 heavy (non-hydrogen) atoms. The molecular weight excluding hydrogens is 205 g/mol. The summed E-state index contributed by atoms with van der Waals surface area (Å²) >= 11 is 0. The molecule has 1 saturated heterocycles. The third-order valence-corrected chi connectivity index (χ3v) is 3.17. The Hall–Kier alpha value is -1.42. The molecule has 0 radical (unpaired) electrons. The summed E-state index contributed by atoms with van der Waals surface area (Å²) < 4.78 is 15.6. The van der Waals surface area contributed by atoms with Crippen molar-refractivity contribution in [2.75, 3.05) is 6.54 Å². The van der Waals surface area contributed by atoms with Crippen molar-refractivity contribution in [3.63, 3.8) is 0 Å². The molecule has 0 saturated carbocycles. The van der Waals surface area contributed by atoms with E-state index in [0.717, 1.165) is 25.0 Å². The standard InChI is InChI=1S/C12H14FN3/c13-10-4-1-5-11-12(10)16(8-15-11)7-9-3-2-6-14-9/h1,4-5,8-9,14H,2-3,6-7H2. The van der Waals surface area contributed by atoms with Gasteiger partial charge in [-0.1, -0.05) is 6.07 Å². The summed E-state index contributed by atoms with van der Waals surface area (Å²) in [6.45, 7) is 1.87. The topological polar surface area (TPSA) is 29.9 Å². The number of imidazole rings is 1. The van der Waals surface area contributed by atoms with Gasteiger partial charge in [0.25, 0.3) is 0 Å². The number of hydrogen-bond acceptors (Lipinski definition) is 2.